The van der Waals surface area contributed by atoms with Crippen LogP contribution in [0.5, 0.6) is 0 Å². The monoisotopic (exact) mass is 408 g/mol. The smallest absolute Gasteiger partial charge is 0.325 e. The van der Waals surface area contributed by atoms with Crippen molar-refractivity contribution in [1.29, 1.82) is 0 Å². The quantitative estimate of drug-likeness (QED) is 0.750. The molecule has 2 atom stereocenters. The van der Waals surface area contributed by atoms with E-state index in [9.17, 15) is 14.4 Å². The van der Waals surface area contributed by atoms with E-state index in [1.807, 2.05) is 13.0 Å². The largest absolute Gasteiger partial charge is 0.358 e. The van der Waals surface area contributed by atoms with Gasteiger partial charge in [0.05, 0.1) is 0 Å². The van der Waals surface area contributed by atoms with Crippen molar-refractivity contribution in [2.45, 2.75) is 58.0 Å². The van der Waals surface area contributed by atoms with Crippen molar-refractivity contribution in [1.82, 2.24) is 20.1 Å². The van der Waals surface area contributed by atoms with E-state index in [0.717, 1.165) is 47.0 Å². The molecule has 3 aliphatic rings. The van der Waals surface area contributed by atoms with Crippen LogP contribution in [0.1, 0.15) is 49.4 Å². The molecule has 1 saturated carbocycles. The number of aromatic nitrogens is 1. The number of nitrogens with one attached hydrogen (secondary N) is 2. The van der Waals surface area contributed by atoms with Gasteiger partial charge in [-0.1, -0.05) is 38.0 Å². The number of aromatic amines is 1. The highest BCUT2D eigenvalue weighted by Crippen LogP contribution is 2.38. The normalized spacial score (nSPS) is 26.4. The number of H-pyrrole nitrogens is 1. The number of benzene rings is 1. The van der Waals surface area contributed by atoms with Crippen LogP contribution >= 0.6 is 0 Å². The lowest BCUT2D eigenvalue weighted by atomic mass is 9.73. The molecule has 7 nitrogen and oxygen atoms in total. The molecular formula is C23H28N4O3. The second-order valence-corrected chi connectivity index (χ2v) is 9.08. The third-order valence-corrected chi connectivity index (χ3v) is 7.37. The molecule has 5 rings (SSSR count). The molecule has 0 bridgehead atoms. The van der Waals surface area contributed by atoms with Crippen molar-refractivity contribution in [3.05, 3.63) is 35.0 Å². The summed E-state index contributed by atoms with van der Waals surface area (Å²) in [6, 6.07) is 5.76. The van der Waals surface area contributed by atoms with Gasteiger partial charge in [0.15, 0.2) is 0 Å². The van der Waals surface area contributed by atoms with E-state index in [4.69, 9.17) is 0 Å². The van der Waals surface area contributed by atoms with Crippen molar-refractivity contribution in [2.75, 3.05) is 13.1 Å². The predicted molar refractivity (Wildman–Crippen MR) is 113 cm³/mol. The first-order chi connectivity index (χ1) is 14.4. The molecule has 7 heteroatoms. The maximum Gasteiger partial charge on any atom is 0.325 e. The first-order valence-corrected chi connectivity index (χ1v) is 10.9. The summed E-state index contributed by atoms with van der Waals surface area (Å²) in [7, 11) is 0. The van der Waals surface area contributed by atoms with Crippen molar-refractivity contribution < 1.29 is 14.4 Å². The highest BCUT2D eigenvalue weighted by atomic mass is 16.2. The highest BCUT2D eigenvalue weighted by molar-refractivity contribution is 6.09. The lowest BCUT2D eigenvalue weighted by Gasteiger charge is -2.37. The molecule has 158 valence electrons. The first kappa shape index (κ1) is 19.2. The van der Waals surface area contributed by atoms with Crippen molar-refractivity contribution >= 4 is 28.7 Å². The van der Waals surface area contributed by atoms with Gasteiger partial charge in [-0.25, -0.2) is 4.79 Å². The number of rotatable bonds is 2. The predicted octanol–water partition coefficient (Wildman–Crippen LogP) is 2.86. The van der Waals surface area contributed by atoms with Gasteiger partial charge in [0.2, 0.25) is 5.91 Å². The molecule has 0 unspecified atom stereocenters. The Balaban J connectivity index is 1.34. The standard InChI is InChI=1S/C23H28N4O3/c1-14-6-5-8-16-17-12-26(11-9-18(17)24-20(14)16)19(28)13-27-21(29)23(25-22(27)30)10-4-3-7-15(23)2/h5-6,8,15,24H,3-4,7,9-13H2,1-2H3,(H,25,30)/t15-,23-/m1/s1. The SMILES string of the molecule is Cc1cccc2c3c([nH]c12)CCN(C(=O)CN1C(=O)N[C@@]2(CCCC[C@H]2C)C1=O)C3. The number of carbonyl (C=O) groups excluding carboxylic acids is 3. The topological polar surface area (TPSA) is 85.5 Å². The van der Waals surface area contributed by atoms with Gasteiger partial charge in [0, 0.05) is 41.7 Å². The summed E-state index contributed by atoms with van der Waals surface area (Å²) < 4.78 is 0. The number of hydrogen-bond donors (Lipinski definition) is 2. The molecule has 1 aromatic carbocycles. The van der Waals surface area contributed by atoms with Gasteiger partial charge in [-0.05, 0) is 31.2 Å². The molecule has 2 fully saturated rings. The molecule has 2 aliphatic heterocycles. The molecule has 1 aliphatic carbocycles. The van der Waals surface area contributed by atoms with Crippen LogP contribution in [0.4, 0.5) is 4.79 Å². The van der Waals surface area contributed by atoms with E-state index in [1.165, 1.54) is 11.3 Å². The maximum absolute atomic E-state index is 13.2. The van der Waals surface area contributed by atoms with Gasteiger partial charge < -0.3 is 15.2 Å². The van der Waals surface area contributed by atoms with Crippen LogP contribution in [0, 0.1) is 12.8 Å². The van der Waals surface area contributed by atoms with E-state index >= 15 is 0 Å². The molecule has 4 amide bonds. The summed E-state index contributed by atoms with van der Waals surface area (Å²) in [6.07, 6.45) is 4.32. The molecule has 2 N–H and O–H groups in total. The van der Waals surface area contributed by atoms with Crippen LogP contribution in [0.2, 0.25) is 0 Å². The number of urea groups is 1. The number of aryl methyl sites for hydroxylation is 1. The zero-order valence-corrected chi connectivity index (χ0v) is 17.6. The Kier molecular flexibility index (Phi) is 4.38. The Hall–Kier alpha value is -2.83. The Morgan fingerprint density at radius 3 is 2.90 bits per heavy atom. The van der Waals surface area contributed by atoms with Crippen LogP contribution in [0.25, 0.3) is 10.9 Å². The van der Waals surface area contributed by atoms with Gasteiger partial charge in [-0.15, -0.1) is 0 Å². The summed E-state index contributed by atoms with van der Waals surface area (Å²) in [5.41, 5.74) is 3.81. The zero-order valence-electron chi connectivity index (χ0n) is 17.6. The van der Waals surface area contributed by atoms with Gasteiger partial charge in [-0.2, -0.15) is 0 Å². The molecule has 1 saturated heterocycles. The molecular weight excluding hydrogens is 380 g/mol. The van der Waals surface area contributed by atoms with E-state index < -0.39 is 11.6 Å². The third-order valence-electron chi connectivity index (χ3n) is 7.37. The Morgan fingerprint density at radius 2 is 2.10 bits per heavy atom. The second-order valence-electron chi connectivity index (χ2n) is 9.08. The Bertz CT molecular complexity index is 1060. The van der Waals surface area contributed by atoms with Crippen LogP contribution < -0.4 is 5.32 Å². The lowest BCUT2D eigenvalue weighted by molar-refractivity contribution is -0.141. The summed E-state index contributed by atoms with van der Waals surface area (Å²) in [5.74, 6) is -0.310. The number of fused-ring (bicyclic) bond motifs is 3. The lowest BCUT2D eigenvalue weighted by Crippen LogP contribution is -2.54. The molecule has 0 radical (unpaired) electrons. The number of para-hydroxylation sites is 1. The van der Waals surface area contributed by atoms with Crippen molar-refractivity contribution in [3.63, 3.8) is 0 Å². The molecule has 30 heavy (non-hydrogen) atoms. The molecule has 2 aromatic rings. The van der Waals surface area contributed by atoms with Crippen LogP contribution in [-0.4, -0.2) is 51.3 Å². The van der Waals surface area contributed by atoms with Crippen molar-refractivity contribution in [2.24, 2.45) is 5.92 Å². The fourth-order valence-corrected chi connectivity index (χ4v) is 5.47. The van der Waals surface area contributed by atoms with Crippen LogP contribution in [-0.2, 0) is 22.6 Å². The number of nitrogens with zero attached hydrogens (tertiary/aromatic N) is 2. The average Bonchev–Trinajstić information content (AvgIpc) is 3.22. The zero-order chi connectivity index (χ0) is 21.0. The Morgan fingerprint density at radius 1 is 1.27 bits per heavy atom. The number of hydrogen-bond acceptors (Lipinski definition) is 3. The van der Waals surface area contributed by atoms with Gasteiger partial charge in [0.25, 0.3) is 5.91 Å². The van der Waals surface area contributed by atoms with Gasteiger partial charge >= 0.3 is 6.03 Å². The molecule has 1 aromatic heterocycles. The first-order valence-electron chi connectivity index (χ1n) is 10.9. The number of imide groups is 1. The molecule has 3 heterocycles. The summed E-state index contributed by atoms with van der Waals surface area (Å²) in [4.78, 5) is 45.3. The van der Waals surface area contributed by atoms with Crippen LogP contribution in [0.3, 0.4) is 0 Å². The summed E-state index contributed by atoms with van der Waals surface area (Å²) in [5, 5.41) is 4.08. The summed E-state index contributed by atoms with van der Waals surface area (Å²) >= 11 is 0. The Labute approximate surface area is 175 Å². The average molecular weight is 409 g/mol. The van der Waals surface area contributed by atoms with Crippen LogP contribution in [0.15, 0.2) is 18.2 Å². The van der Waals surface area contributed by atoms with Crippen molar-refractivity contribution in [3.8, 4) is 0 Å². The second kappa shape index (κ2) is 6.86. The molecule has 1 spiro atoms. The fourth-order valence-electron chi connectivity index (χ4n) is 5.47. The minimum atomic E-state index is -0.820. The number of amides is 4. The van der Waals surface area contributed by atoms with E-state index in [2.05, 4.69) is 29.4 Å². The van der Waals surface area contributed by atoms with E-state index in [0.29, 0.717) is 19.5 Å². The minimum absolute atomic E-state index is 0.0924. The number of carbonyl (C=O) groups is 3. The third kappa shape index (κ3) is 2.75. The van der Waals surface area contributed by atoms with E-state index in [-0.39, 0.29) is 24.3 Å². The summed E-state index contributed by atoms with van der Waals surface area (Å²) in [6.45, 7) is 5.00. The maximum atomic E-state index is 13.2. The van der Waals surface area contributed by atoms with Gasteiger partial charge in [0.1, 0.15) is 12.1 Å². The highest BCUT2D eigenvalue weighted by Gasteiger charge is 2.55. The minimum Gasteiger partial charge on any atom is -0.358 e. The van der Waals surface area contributed by atoms with E-state index in [1.54, 1.807) is 4.90 Å². The van der Waals surface area contributed by atoms with Gasteiger partial charge in [-0.3, -0.25) is 14.5 Å². The fraction of sp³-hybridized carbons (Fsp3) is 0.522.